The fraction of sp³-hybridized carbons (Fsp3) is 0.750. The maximum absolute atomic E-state index is 5.66. The molecule has 1 fully saturated rings. The number of ether oxygens (including phenoxy) is 1. The van der Waals surface area contributed by atoms with Crippen molar-refractivity contribution in [2.45, 2.75) is 31.9 Å². The van der Waals surface area contributed by atoms with E-state index in [1.165, 1.54) is 18.5 Å². The van der Waals surface area contributed by atoms with Crippen LogP contribution in [0.25, 0.3) is 0 Å². The maximum Gasteiger partial charge on any atom is 0.0809 e. The van der Waals surface area contributed by atoms with Crippen molar-refractivity contribution in [3.8, 4) is 0 Å². The average Bonchev–Trinajstić information content (AvgIpc) is 3.01. The van der Waals surface area contributed by atoms with Crippen molar-refractivity contribution in [2.24, 2.45) is 13.0 Å². The lowest BCUT2D eigenvalue weighted by Crippen LogP contribution is -2.36. The Morgan fingerprint density at radius 3 is 2.81 bits per heavy atom. The molecule has 0 spiro atoms. The predicted molar refractivity (Wildman–Crippen MR) is 63.1 cm³/mol. The smallest absolute Gasteiger partial charge is 0.0809 e. The van der Waals surface area contributed by atoms with Crippen LogP contribution in [-0.4, -0.2) is 29.5 Å². The highest BCUT2D eigenvalue weighted by molar-refractivity contribution is 5.11. The molecule has 0 bridgehead atoms. The van der Waals surface area contributed by atoms with Crippen molar-refractivity contribution in [1.82, 2.24) is 15.1 Å². The van der Waals surface area contributed by atoms with Crippen molar-refractivity contribution in [1.29, 1.82) is 0 Å². The Hall–Kier alpha value is -0.870. The summed E-state index contributed by atoms with van der Waals surface area (Å²) in [5.74, 6) is 0.712. The highest BCUT2D eigenvalue weighted by Gasteiger charge is 2.38. The van der Waals surface area contributed by atoms with Gasteiger partial charge in [0, 0.05) is 20.4 Å². The largest absolute Gasteiger partial charge is 0.379 e. The van der Waals surface area contributed by atoms with E-state index in [0.29, 0.717) is 5.92 Å². The van der Waals surface area contributed by atoms with Crippen molar-refractivity contribution in [3.05, 3.63) is 18.0 Å². The van der Waals surface area contributed by atoms with E-state index in [-0.39, 0.29) is 12.1 Å². The van der Waals surface area contributed by atoms with E-state index in [0.717, 1.165) is 6.54 Å². The molecular weight excluding hydrogens is 202 g/mol. The number of rotatable bonds is 6. The minimum atomic E-state index is 0.259. The number of hydrogen-bond donors (Lipinski definition) is 1. The molecule has 1 aliphatic rings. The highest BCUT2D eigenvalue weighted by Crippen LogP contribution is 2.39. The molecular formula is C12H21N3O. The van der Waals surface area contributed by atoms with Gasteiger partial charge < -0.3 is 10.1 Å². The van der Waals surface area contributed by atoms with Crippen molar-refractivity contribution in [2.75, 3.05) is 13.7 Å². The average molecular weight is 223 g/mol. The second-order valence-corrected chi connectivity index (χ2v) is 4.45. The summed E-state index contributed by atoms with van der Waals surface area (Å²) in [4.78, 5) is 0. The molecule has 0 aromatic carbocycles. The lowest BCUT2D eigenvalue weighted by atomic mass is 10.0. The highest BCUT2D eigenvalue weighted by atomic mass is 16.5. The summed E-state index contributed by atoms with van der Waals surface area (Å²) in [6.45, 7) is 3.07. The standard InChI is InChI=1S/C12H21N3O/c1-4-13-11(10-7-8-14-15(10)2)12(16-3)9-5-6-9/h7-9,11-13H,4-6H2,1-3H3. The minimum Gasteiger partial charge on any atom is -0.379 e. The van der Waals surface area contributed by atoms with Gasteiger partial charge in [-0.1, -0.05) is 6.92 Å². The quantitative estimate of drug-likeness (QED) is 0.794. The summed E-state index contributed by atoms with van der Waals surface area (Å²) in [6.07, 6.45) is 4.70. The van der Waals surface area contributed by atoms with Crippen molar-refractivity contribution >= 4 is 0 Å². The molecule has 1 aliphatic carbocycles. The van der Waals surface area contributed by atoms with Gasteiger partial charge in [0.25, 0.3) is 0 Å². The third kappa shape index (κ3) is 2.28. The van der Waals surface area contributed by atoms with Crippen LogP contribution in [0.1, 0.15) is 31.5 Å². The Morgan fingerprint density at radius 1 is 1.62 bits per heavy atom. The number of nitrogens with one attached hydrogen (secondary N) is 1. The number of nitrogens with zero attached hydrogens (tertiary/aromatic N) is 2. The van der Waals surface area contributed by atoms with Crippen LogP contribution >= 0.6 is 0 Å². The number of aryl methyl sites for hydroxylation is 1. The topological polar surface area (TPSA) is 39.1 Å². The molecule has 1 aromatic rings. The Morgan fingerprint density at radius 2 is 2.38 bits per heavy atom. The van der Waals surface area contributed by atoms with Crippen LogP contribution in [0, 0.1) is 5.92 Å². The summed E-state index contributed by atoms with van der Waals surface area (Å²) >= 11 is 0. The van der Waals surface area contributed by atoms with Crippen LogP contribution in [0.15, 0.2) is 12.3 Å². The molecule has 1 aromatic heterocycles. The molecule has 0 radical (unpaired) electrons. The SMILES string of the molecule is CCNC(c1ccnn1C)C(OC)C1CC1. The molecule has 1 saturated carbocycles. The van der Waals surface area contributed by atoms with Crippen LogP contribution in [-0.2, 0) is 11.8 Å². The van der Waals surface area contributed by atoms with Crippen LogP contribution in [0.4, 0.5) is 0 Å². The fourth-order valence-corrected chi connectivity index (χ4v) is 2.32. The van der Waals surface area contributed by atoms with E-state index >= 15 is 0 Å². The van der Waals surface area contributed by atoms with Gasteiger partial charge in [-0.25, -0.2) is 0 Å². The normalized spacial score (nSPS) is 19.7. The van der Waals surface area contributed by atoms with E-state index < -0.39 is 0 Å². The van der Waals surface area contributed by atoms with Crippen molar-refractivity contribution in [3.63, 3.8) is 0 Å². The zero-order chi connectivity index (χ0) is 11.5. The Bertz CT molecular complexity index is 333. The van der Waals surface area contributed by atoms with Gasteiger partial charge in [-0.3, -0.25) is 4.68 Å². The van der Waals surface area contributed by atoms with E-state index in [1.54, 1.807) is 0 Å². The molecule has 2 rings (SSSR count). The molecule has 0 saturated heterocycles. The molecule has 0 aliphatic heterocycles. The summed E-state index contributed by atoms with van der Waals surface area (Å²) in [7, 11) is 3.79. The molecule has 4 heteroatoms. The van der Waals surface area contributed by atoms with E-state index in [4.69, 9.17) is 4.74 Å². The molecule has 4 nitrogen and oxygen atoms in total. The Labute approximate surface area is 97.0 Å². The first-order valence-corrected chi connectivity index (χ1v) is 6.02. The maximum atomic E-state index is 5.66. The summed E-state index contributed by atoms with van der Waals surface area (Å²) in [5, 5.41) is 7.75. The second-order valence-electron chi connectivity index (χ2n) is 4.45. The van der Waals surface area contributed by atoms with E-state index in [2.05, 4.69) is 23.4 Å². The van der Waals surface area contributed by atoms with Gasteiger partial charge in [-0.2, -0.15) is 5.10 Å². The van der Waals surface area contributed by atoms with Gasteiger partial charge in [0.1, 0.15) is 0 Å². The summed E-state index contributed by atoms with van der Waals surface area (Å²) in [6, 6.07) is 2.33. The molecule has 2 unspecified atom stereocenters. The third-order valence-electron chi connectivity index (χ3n) is 3.29. The van der Waals surface area contributed by atoms with Crippen molar-refractivity contribution < 1.29 is 4.74 Å². The first kappa shape index (κ1) is 11.6. The zero-order valence-electron chi connectivity index (χ0n) is 10.3. The Kier molecular flexibility index (Phi) is 3.61. The zero-order valence-corrected chi connectivity index (χ0v) is 10.3. The van der Waals surface area contributed by atoms with Gasteiger partial charge in [-0.15, -0.1) is 0 Å². The predicted octanol–water partition coefficient (Wildman–Crippen LogP) is 1.50. The second kappa shape index (κ2) is 4.97. The molecule has 90 valence electrons. The van der Waals surface area contributed by atoms with Gasteiger partial charge in [0.15, 0.2) is 0 Å². The molecule has 0 amide bonds. The first-order chi connectivity index (χ1) is 7.77. The van der Waals surface area contributed by atoms with E-state index in [9.17, 15) is 0 Å². The number of likely N-dealkylation sites (N-methyl/N-ethyl adjacent to an activating group) is 1. The monoisotopic (exact) mass is 223 g/mol. The minimum absolute atomic E-state index is 0.259. The Balaban J connectivity index is 2.18. The van der Waals surface area contributed by atoms with Gasteiger partial charge in [0.05, 0.1) is 17.8 Å². The number of hydrogen-bond acceptors (Lipinski definition) is 3. The lowest BCUT2D eigenvalue weighted by Gasteiger charge is -2.26. The van der Waals surface area contributed by atoms with Crippen LogP contribution in [0.2, 0.25) is 0 Å². The van der Waals surface area contributed by atoms with Crippen LogP contribution in [0.5, 0.6) is 0 Å². The number of methoxy groups -OCH3 is 1. The summed E-state index contributed by atoms with van der Waals surface area (Å²) in [5.41, 5.74) is 1.21. The number of aromatic nitrogens is 2. The van der Waals surface area contributed by atoms with E-state index in [1.807, 2.05) is 25.0 Å². The third-order valence-corrected chi connectivity index (χ3v) is 3.29. The molecule has 16 heavy (non-hydrogen) atoms. The molecule has 1 N–H and O–H groups in total. The fourth-order valence-electron chi connectivity index (χ4n) is 2.32. The molecule has 1 heterocycles. The van der Waals surface area contributed by atoms with Gasteiger partial charge in [0.2, 0.25) is 0 Å². The summed E-state index contributed by atoms with van der Waals surface area (Å²) < 4.78 is 7.60. The lowest BCUT2D eigenvalue weighted by molar-refractivity contribution is 0.0487. The first-order valence-electron chi connectivity index (χ1n) is 6.02. The molecule has 2 atom stereocenters. The van der Waals surface area contributed by atoms with Crippen LogP contribution in [0.3, 0.4) is 0 Å². The van der Waals surface area contributed by atoms with Crippen LogP contribution < -0.4 is 5.32 Å². The van der Waals surface area contributed by atoms with Gasteiger partial charge in [-0.05, 0) is 31.4 Å². The van der Waals surface area contributed by atoms with Gasteiger partial charge >= 0.3 is 0 Å².